The Morgan fingerprint density at radius 3 is 2.31 bits per heavy atom. The van der Waals surface area contributed by atoms with Gasteiger partial charge < -0.3 is 14.4 Å². The Hall–Kier alpha value is -3.27. The Morgan fingerprint density at radius 2 is 1.69 bits per heavy atom. The van der Waals surface area contributed by atoms with Gasteiger partial charge in [-0.3, -0.25) is 4.79 Å². The number of hydrogen-bond acceptors (Lipinski definition) is 6. The predicted molar refractivity (Wildman–Crippen MR) is 116 cm³/mol. The fourth-order valence-electron chi connectivity index (χ4n) is 2.80. The molecule has 0 saturated heterocycles. The summed E-state index contributed by atoms with van der Waals surface area (Å²) in [5, 5.41) is -0.153. The number of alkyl halides is 3. The fraction of sp³-hybridized carbons (Fsp3) is 0.227. The van der Waals surface area contributed by atoms with Crippen LogP contribution in [0, 0.1) is 0 Å². The van der Waals surface area contributed by atoms with Crippen LogP contribution in [0.3, 0.4) is 0 Å². The van der Waals surface area contributed by atoms with Crippen LogP contribution in [0.15, 0.2) is 59.8 Å². The Balaban J connectivity index is 1.89. The van der Waals surface area contributed by atoms with Crippen LogP contribution in [0.4, 0.5) is 18.9 Å². The maximum atomic E-state index is 13.5. The smallest absolute Gasteiger partial charge is 0.433 e. The molecular weight excluding hydrogens is 443 g/mol. The van der Waals surface area contributed by atoms with Crippen LogP contribution in [-0.2, 0) is 11.0 Å². The van der Waals surface area contributed by atoms with Crippen LogP contribution >= 0.6 is 11.8 Å². The van der Waals surface area contributed by atoms with Gasteiger partial charge in [0.05, 0.1) is 25.7 Å². The minimum absolute atomic E-state index is 0.0552. The molecule has 0 atom stereocenters. The average Bonchev–Trinajstić information content (AvgIpc) is 2.81. The number of amides is 1. The minimum Gasteiger partial charge on any atom is -0.493 e. The van der Waals surface area contributed by atoms with E-state index in [0.29, 0.717) is 22.7 Å². The van der Waals surface area contributed by atoms with E-state index in [0.717, 1.165) is 17.8 Å². The second-order valence-electron chi connectivity index (χ2n) is 6.57. The second kappa shape index (κ2) is 9.90. The number of methoxy groups -OCH3 is 2. The third kappa shape index (κ3) is 5.50. The van der Waals surface area contributed by atoms with Crippen molar-refractivity contribution < 1.29 is 27.4 Å². The molecule has 0 aliphatic heterocycles. The molecule has 0 aliphatic carbocycles. The van der Waals surface area contributed by atoms with Gasteiger partial charge in [-0.05, 0) is 36.4 Å². The van der Waals surface area contributed by atoms with Gasteiger partial charge in [-0.15, -0.1) is 0 Å². The average molecular weight is 463 g/mol. The summed E-state index contributed by atoms with van der Waals surface area (Å²) in [5.74, 6) is 0.365. The Labute approximate surface area is 187 Å². The number of thioether (sulfide) groups is 1. The summed E-state index contributed by atoms with van der Waals surface area (Å²) in [5.41, 5.74) is 0.0301. The van der Waals surface area contributed by atoms with Crippen molar-refractivity contribution >= 4 is 23.4 Å². The highest BCUT2D eigenvalue weighted by Crippen LogP contribution is 2.35. The number of anilines is 1. The van der Waals surface area contributed by atoms with Gasteiger partial charge in [0.25, 0.3) is 0 Å². The van der Waals surface area contributed by atoms with Crippen molar-refractivity contribution in [2.75, 3.05) is 31.9 Å². The lowest BCUT2D eigenvalue weighted by Crippen LogP contribution is -2.27. The monoisotopic (exact) mass is 463 g/mol. The molecule has 1 heterocycles. The largest absolute Gasteiger partial charge is 0.493 e. The number of halogens is 3. The summed E-state index contributed by atoms with van der Waals surface area (Å²) >= 11 is 0.839. The molecule has 2 aromatic carbocycles. The molecule has 6 nitrogen and oxygen atoms in total. The Kier molecular flexibility index (Phi) is 7.24. The number of carbonyl (C=O) groups excluding carboxylic acids is 1. The maximum absolute atomic E-state index is 13.5. The minimum atomic E-state index is -4.67. The van der Waals surface area contributed by atoms with Crippen molar-refractivity contribution in [1.82, 2.24) is 9.97 Å². The lowest BCUT2D eigenvalue weighted by Gasteiger charge is -2.17. The quantitative estimate of drug-likeness (QED) is 0.366. The van der Waals surface area contributed by atoms with Crippen molar-refractivity contribution in [2.45, 2.75) is 11.3 Å². The van der Waals surface area contributed by atoms with Crippen molar-refractivity contribution in [3.63, 3.8) is 0 Å². The number of carbonyl (C=O) groups is 1. The van der Waals surface area contributed by atoms with Gasteiger partial charge in [0.1, 0.15) is 5.69 Å². The van der Waals surface area contributed by atoms with Crippen LogP contribution in [0.2, 0.25) is 0 Å². The van der Waals surface area contributed by atoms with Gasteiger partial charge in [-0.2, -0.15) is 13.2 Å². The molecule has 0 bridgehead atoms. The van der Waals surface area contributed by atoms with E-state index in [1.807, 2.05) is 6.07 Å². The number of rotatable bonds is 7. The van der Waals surface area contributed by atoms with E-state index in [1.54, 1.807) is 43.4 Å². The van der Waals surface area contributed by atoms with Crippen LogP contribution < -0.4 is 14.4 Å². The molecule has 1 amide bonds. The molecule has 0 aliphatic rings. The van der Waals surface area contributed by atoms with Gasteiger partial charge in [0.15, 0.2) is 16.7 Å². The number of nitrogens with zero attached hydrogens (tertiary/aromatic N) is 3. The van der Waals surface area contributed by atoms with E-state index in [2.05, 4.69) is 9.97 Å². The number of aromatic nitrogens is 2. The van der Waals surface area contributed by atoms with Gasteiger partial charge >= 0.3 is 6.18 Å². The van der Waals surface area contributed by atoms with Gasteiger partial charge in [0.2, 0.25) is 5.91 Å². The first-order valence-electron chi connectivity index (χ1n) is 9.36. The van der Waals surface area contributed by atoms with E-state index in [4.69, 9.17) is 9.47 Å². The highest BCUT2D eigenvalue weighted by molar-refractivity contribution is 7.99. The van der Waals surface area contributed by atoms with Crippen LogP contribution in [0.1, 0.15) is 5.69 Å². The molecule has 1 aromatic heterocycles. The summed E-state index contributed by atoms with van der Waals surface area (Å²) in [6.45, 7) is 0. The first kappa shape index (κ1) is 23.4. The second-order valence-corrected chi connectivity index (χ2v) is 7.51. The zero-order valence-electron chi connectivity index (χ0n) is 17.5. The predicted octanol–water partition coefficient (Wildman–Crippen LogP) is 4.93. The highest BCUT2D eigenvalue weighted by Gasteiger charge is 2.34. The summed E-state index contributed by atoms with van der Waals surface area (Å²) in [4.78, 5) is 21.8. The van der Waals surface area contributed by atoms with Gasteiger partial charge in [-0.25, -0.2) is 9.97 Å². The molecule has 0 fully saturated rings. The molecule has 0 saturated carbocycles. The molecule has 168 valence electrons. The normalized spacial score (nSPS) is 11.2. The summed E-state index contributed by atoms with van der Waals surface area (Å²) in [6, 6.07) is 14.5. The molecule has 0 N–H and O–H groups in total. The van der Waals surface area contributed by atoms with E-state index in [1.165, 1.54) is 25.2 Å². The SMILES string of the molecule is COc1ccc(-c2cc(C(F)(F)F)nc(SCC(=O)N(C)c3ccccc3)n2)cc1OC. The van der Waals surface area contributed by atoms with Crippen molar-refractivity contribution in [3.8, 4) is 22.8 Å². The van der Waals surface area contributed by atoms with E-state index in [-0.39, 0.29) is 22.5 Å². The number of para-hydroxylation sites is 1. The van der Waals surface area contributed by atoms with Crippen molar-refractivity contribution in [1.29, 1.82) is 0 Å². The van der Waals surface area contributed by atoms with E-state index in [9.17, 15) is 18.0 Å². The molecular formula is C22H20F3N3O3S. The van der Waals surface area contributed by atoms with Crippen LogP contribution in [0.5, 0.6) is 11.5 Å². The lowest BCUT2D eigenvalue weighted by molar-refractivity contribution is -0.141. The summed E-state index contributed by atoms with van der Waals surface area (Å²) in [7, 11) is 4.49. The lowest BCUT2D eigenvalue weighted by atomic mass is 10.1. The topological polar surface area (TPSA) is 64.5 Å². The highest BCUT2D eigenvalue weighted by atomic mass is 32.2. The molecule has 0 radical (unpaired) electrons. The molecule has 0 unspecified atom stereocenters. The zero-order chi connectivity index (χ0) is 23.3. The van der Waals surface area contributed by atoms with Crippen LogP contribution in [0.25, 0.3) is 11.3 Å². The van der Waals surface area contributed by atoms with E-state index >= 15 is 0 Å². The molecule has 32 heavy (non-hydrogen) atoms. The van der Waals surface area contributed by atoms with Crippen LogP contribution in [-0.4, -0.2) is 42.9 Å². The zero-order valence-corrected chi connectivity index (χ0v) is 18.3. The van der Waals surface area contributed by atoms with E-state index < -0.39 is 11.9 Å². The number of hydrogen-bond donors (Lipinski definition) is 0. The Morgan fingerprint density at radius 1 is 1.00 bits per heavy atom. The first-order chi connectivity index (χ1) is 15.2. The fourth-order valence-corrected chi connectivity index (χ4v) is 3.57. The third-order valence-electron chi connectivity index (χ3n) is 4.52. The van der Waals surface area contributed by atoms with Crippen molar-refractivity contribution in [3.05, 3.63) is 60.3 Å². The first-order valence-corrected chi connectivity index (χ1v) is 10.3. The van der Waals surface area contributed by atoms with Gasteiger partial charge in [-0.1, -0.05) is 30.0 Å². The van der Waals surface area contributed by atoms with Gasteiger partial charge in [0, 0.05) is 18.3 Å². The molecule has 0 spiro atoms. The maximum Gasteiger partial charge on any atom is 0.433 e. The molecule has 3 aromatic rings. The standard InChI is InChI=1S/C22H20F3N3O3S/c1-28(15-7-5-4-6-8-15)20(29)13-32-21-26-16(12-19(27-21)22(23,24)25)14-9-10-17(30-2)18(11-14)31-3/h4-12H,13H2,1-3H3. The number of benzene rings is 2. The summed E-state index contributed by atoms with van der Waals surface area (Å²) < 4.78 is 50.8. The molecule has 10 heteroatoms. The third-order valence-corrected chi connectivity index (χ3v) is 5.35. The number of ether oxygens (including phenoxy) is 2. The van der Waals surface area contributed by atoms with Crippen molar-refractivity contribution in [2.24, 2.45) is 0 Å². The Bertz CT molecular complexity index is 1090. The summed E-state index contributed by atoms with van der Waals surface area (Å²) in [6.07, 6.45) is -4.67. The molecule has 3 rings (SSSR count).